The summed E-state index contributed by atoms with van der Waals surface area (Å²) in [5, 5.41) is 11.9. The van der Waals surface area contributed by atoms with Gasteiger partial charge in [0.2, 0.25) is 5.91 Å². The van der Waals surface area contributed by atoms with Crippen molar-refractivity contribution in [3.05, 3.63) is 59.2 Å². The van der Waals surface area contributed by atoms with Gasteiger partial charge in [0, 0.05) is 5.92 Å². The number of methoxy groups -OCH3 is 1. The van der Waals surface area contributed by atoms with Crippen LogP contribution in [0.5, 0.6) is 5.75 Å². The molecule has 2 atom stereocenters. The minimum atomic E-state index is -1.03. The quantitative estimate of drug-likeness (QED) is 0.883. The maximum Gasteiger partial charge on any atom is 0.335 e. The smallest absolute Gasteiger partial charge is 0.335 e. The largest absolute Gasteiger partial charge is 0.495 e. The molecule has 1 saturated carbocycles. The van der Waals surface area contributed by atoms with Crippen molar-refractivity contribution in [2.45, 2.75) is 19.3 Å². The first-order chi connectivity index (χ1) is 11.5. The number of nitrogens with one attached hydrogen (secondary N) is 1. The predicted molar refractivity (Wildman–Crippen MR) is 90.6 cm³/mol. The number of aryl methyl sites for hydroxylation is 1. The first kappa shape index (κ1) is 16.1. The summed E-state index contributed by atoms with van der Waals surface area (Å²) >= 11 is 0. The maximum absolute atomic E-state index is 12.5. The molecule has 2 N–H and O–H groups in total. The number of ether oxygens (including phenoxy) is 1. The van der Waals surface area contributed by atoms with Crippen LogP contribution in [0.3, 0.4) is 0 Å². The minimum absolute atomic E-state index is 0.0602. The minimum Gasteiger partial charge on any atom is -0.495 e. The van der Waals surface area contributed by atoms with Gasteiger partial charge in [-0.25, -0.2) is 4.79 Å². The molecule has 24 heavy (non-hydrogen) atoms. The normalized spacial score (nSPS) is 18.8. The van der Waals surface area contributed by atoms with E-state index in [4.69, 9.17) is 9.84 Å². The van der Waals surface area contributed by atoms with Gasteiger partial charge in [0.1, 0.15) is 5.75 Å². The van der Waals surface area contributed by atoms with Crippen LogP contribution in [0.2, 0.25) is 0 Å². The summed E-state index contributed by atoms with van der Waals surface area (Å²) in [6.45, 7) is 2.05. The first-order valence-electron chi connectivity index (χ1n) is 7.79. The van der Waals surface area contributed by atoms with Gasteiger partial charge in [0.05, 0.1) is 18.4 Å². The number of aromatic carboxylic acids is 1. The van der Waals surface area contributed by atoms with Crippen LogP contribution < -0.4 is 10.1 Å². The fraction of sp³-hybridized carbons (Fsp3) is 0.263. The number of amides is 1. The molecule has 1 fully saturated rings. The number of carboxylic acids is 1. The monoisotopic (exact) mass is 325 g/mol. The number of carboxylic acid groups (broad SMARTS) is 1. The Hall–Kier alpha value is -2.82. The highest BCUT2D eigenvalue weighted by molar-refractivity contribution is 5.97. The maximum atomic E-state index is 12.5. The molecule has 0 saturated heterocycles. The molecule has 3 rings (SSSR count). The van der Waals surface area contributed by atoms with Gasteiger partial charge in [-0.05, 0) is 48.6 Å². The van der Waals surface area contributed by atoms with E-state index >= 15 is 0 Å². The summed E-state index contributed by atoms with van der Waals surface area (Å²) in [7, 11) is 1.45. The predicted octanol–water partition coefficient (Wildman–Crippen LogP) is 3.44. The van der Waals surface area contributed by atoms with Crippen molar-refractivity contribution < 1.29 is 19.4 Å². The van der Waals surface area contributed by atoms with Crippen molar-refractivity contribution in [1.29, 1.82) is 0 Å². The van der Waals surface area contributed by atoms with Crippen molar-refractivity contribution in [2.24, 2.45) is 5.92 Å². The molecule has 1 amide bonds. The average Bonchev–Trinajstić information content (AvgIpc) is 3.36. The van der Waals surface area contributed by atoms with E-state index in [1.165, 1.54) is 30.4 Å². The SMILES string of the molecule is COc1cc(C(=O)O)ccc1NC(=O)C1CC1c1ccccc1C. The second-order valence-corrected chi connectivity index (χ2v) is 6.01. The lowest BCUT2D eigenvalue weighted by molar-refractivity contribution is -0.117. The molecule has 0 heterocycles. The van der Waals surface area contributed by atoms with Gasteiger partial charge < -0.3 is 15.2 Å². The summed E-state index contributed by atoms with van der Waals surface area (Å²) in [5.41, 5.74) is 3.02. The Morgan fingerprint density at radius 3 is 2.62 bits per heavy atom. The summed E-state index contributed by atoms with van der Waals surface area (Å²) in [4.78, 5) is 23.5. The summed E-state index contributed by atoms with van der Waals surface area (Å²) in [6.07, 6.45) is 0.826. The molecule has 2 unspecified atom stereocenters. The fourth-order valence-corrected chi connectivity index (χ4v) is 2.98. The lowest BCUT2D eigenvalue weighted by Crippen LogP contribution is -2.15. The molecule has 0 aromatic heterocycles. The van der Waals surface area contributed by atoms with Gasteiger partial charge in [-0.3, -0.25) is 4.79 Å². The van der Waals surface area contributed by atoms with E-state index in [9.17, 15) is 9.59 Å². The molecular formula is C19H19NO4. The second-order valence-electron chi connectivity index (χ2n) is 6.01. The number of hydrogen-bond acceptors (Lipinski definition) is 3. The Labute approximate surface area is 140 Å². The molecule has 5 nitrogen and oxygen atoms in total. The molecule has 0 radical (unpaired) electrons. The van der Waals surface area contributed by atoms with Crippen LogP contribution in [0, 0.1) is 12.8 Å². The summed E-state index contributed by atoms with van der Waals surface area (Å²) in [6, 6.07) is 12.5. The zero-order valence-corrected chi connectivity index (χ0v) is 13.6. The molecule has 2 aromatic rings. The van der Waals surface area contributed by atoms with Crippen molar-refractivity contribution in [1.82, 2.24) is 0 Å². The standard InChI is InChI=1S/C19H19NO4/c1-11-5-3-4-6-13(11)14-10-15(14)18(21)20-16-8-7-12(19(22)23)9-17(16)24-2/h3-9,14-15H,10H2,1-2H3,(H,20,21)(H,22,23). The van der Waals surface area contributed by atoms with Crippen LogP contribution >= 0.6 is 0 Å². The second kappa shape index (κ2) is 6.35. The number of anilines is 1. The zero-order valence-electron chi connectivity index (χ0n) is 13.6. The molecule has 2 aromatic carbocycles. The topological polar surface area (TPSA) is 75.6 Å². The van der Waals surface area contributed by atoms with E-state index in [2.05, 4.69) is 24.4 Å². The van der Waals surface area contributed by atoms with Gasteiger partial charge in [-0.2, -0.15) is 0 Å². The molecule has 0 aliphatic heterocycles. The van der Waals surface area contributed by atoms with Gasteiger partial charge in [0.15, 0.2) is 0 Å². The number of rotatable bonds is 5. The molecule has 0 bridgehead atoms. The fourth-order valence-electron chi connectivity index (χ4n) is 2.98. The molecule has 0 spiro atoms. The van der Waals surface area contributed by atoms with Crippen LogP contribution in [-0.4, -0.2) is 24.1 Å². The van der Waals surface area contributed by atoms with E-state index in [-0.39, 0.29) is 23.3 Å². The highest BCUT2D eigenvalue weighted by Gasteiger charge is 2.44. The van der Waals surface area contributed by atoms with E-state index in [0.29, 0.717) is 11.4 Å². The Morgan fingerprint density at radius 2 is 1.96 bits per heavy atom. The number of carbonyl (C=O) groups excluding carboxylic acids is 1. The Morgan fingerprint density at radius 1 is 1.21 bits per heavy atom. The van der Waals surface area contributed by atoms with Gasteiger partial charge >= 0.3 is 5.97 Å². The number of hydrogen-bond donors (Lipinski definition) is 2. The van der Waals surface area contributed by atoms with Gasteiger partial charge in [0.25, 0.3) is 0 Å². The van der Waals surface area contributed by atoms with Crippen molar-refractivity contribution in [3.63, 3.8) is 0 Å². The average molecular weight is 325 g/mol. The third-order valence-corrected chi connectivity index (χ3v) is 4.42. The molecule has 124 valence electrons. The van der Waals surface area contributed by atoms with Crippen LogP contribution in [0.15, 0.2) is 42.5 Å². The van der Waals surface area contributed by atoms with Gasteiger partial charge in [-0.15, -0.1) is 0 Å². The van der Waals surface area contributed by atoms with Crippen molar-refractivity contribution in [2.75, 3.05) is 12.4 Å². The van der Waals surface area contributed by atoms with Crippen molar-refractivity contribution in [3.8, 4) is 5.75 Å². The molecule has 1 aliphatic rings. The van der Waals surface area contributed by atoms with Gasteiger partial charge in [-0.1, -0.05) is 24.3 Å². The Balaban J connectivity index is 1.72. The Kier molecular flexibility index (Phi) is 4.25. The van der Waals surface area contributed by atoms with Crippen LogP contribution in [-0.2, 0) is 4.79 Å². The third kappa shape index (κ3) is 3.11. The van der Waals surface area contributed by atoms with Crippen molar-refractivity contribution >= 4 is 17.6 Å². The number of benzene rings is 2. The van der Waals surface area contributed by atoms with Crippen LogP contribution in [0.25, 0.3) is 0 Å². The highest BCUT2D eigenvalue weighted by Crippen LogP contribution is 2.49. The number of carbonyl (C=O) groups is 2. The Bertz CT molecular complexity index is 800. The van der Waals surface area contributed by atoms with Crippen LogP contribution in [0.1, 0.15) is 33.8 Å². The van der Waals surface area contributed by atoms with E-state index in [1.807, 2.05) is 12.1 Å². The summed E-state index contributed by atoms with van der Waals surface area (Å²) in [5.74, 6) is -0.570. The highest BCUT2D eigenvalue weighted by atomic mass is 16.5. The van der Waals surface area contributed by atoms with E-state index < -0.39 is 5.97 Å². The van der Waals surface area contributed by atoms with E-state index in [1.54, 1.807) is 6.07 Å². The first-order valence-corrected chi connectivity index (χ1v) is 7.79. The van der Waals surface area contributed by atoms with E-state index in [0.717, 1.165) is 6.42 Å². The molecular weight excluding hydrogens is 306 g/mol. The zero-order chi connectivity index (χ0) is 17.3. The van der Waals surface area contributed by atoms with Crippen LogP contribution in [0.4, 0.5) is 5.69 Å². The summed E-state index contributed by atoms with van der Waals surface area (Å²) < 4.78 is 5.19. The lowest BCUT2D eigenvalue weighted by atomic mass is 10.0. The molecule has 5 heteroatoms. The molecule has 1 aliphatic carbocycles. The lowest BCUT2D eigenvalue weighted by Gasteiger charge is -2.11. The third-order valence-electron chi connectivity index (χ3n) is 4.42.